The molecule has 1 heterocycles. The van der Waals surface area contributed by atoms with Crippen LogP contribution in [0.2, 0.25) is 0 Å². The first-order valence-electron chi connectivity index (χ1n) is 9.81. The van der Waals surface area contributed by atoms with Crippen LogP contribution in [0, 0.1) is 5.92 Å². The van der Waals surface area contributed by atoms with E-state index in [0.29, 0.717) is 24.6 Å². The number of hydrogen-bond donors (Lipinski definition) is 3. The lowest BCUT2D eigenvalue weighted by atomic mass is 9.94. The Balaban J connectivity index is 1.87. The molecule has 2 aromatic carbocycles. The van der Waals surface area contributed by atoms with Crippen LogP contribution in [0.15, 0.2) is 54.6 Å². The Morgan fingerprint density at radius 1 is 1.18 bits per heavy atom. The molecule has 2 amide bonds. The summed E-state index contributed by atoms with van der Waals surface area (Å²) in [7, 11) is 0. The predicted octanol–water partition coefficient (Wildman–Crippen LogP) is 1.55. The van der Waals surface area contributed by atoms with Gasteiger partial charge >= 0.3 is 0 Å². The Morgan fingerprint density at radius 3 is 2.61 bits per heavy atom. The highest BCUT2D eigenvalue weighted by atomic mass is 16.5. The van der Waals surface area contributed by atoms with Gasteiger partial charge in [-0.3, -0.25) is 9.59 Å². The van der Waals surface area contributed by atoms with Gasteiger partial charge in [0.25, 0.3) is 5.91 Å². The third-order valence-electron chi connectivity index (χ3n) is 5.21. The smallest absolute Gasteiger partial charge is 0.287 e. The van der Waals surface area contributed by atoms with Crippen LogP contribution in [0.5, 0.6) is 5.75 Å². The molecule has 4 N–H and O–H groups in total. The number of benzene rings is 2. The van der Waals surface area contributed by atoms with Crippen molar-refractivity contribution < 1.29 is 19.2 Å². The lowest BCUT2D eigenvalue weighted by Crippen LogP contribution is -3.15. The van der Waals surface area contributed by atoms with Crippen LogP contribution in [0.4, 0.5) is 5.69 Å². The van der Waals surface area contributed by atoms with E-state index >= 15 is 0 Å². The zero-order chi connectivity index (χ0) is 19.9. The van der Waals surface area contributed by atoms with Crippen molar-refractivity contribution in [2.24, 2.45) is 11.7 Å². The minimum atomic E-state index is -0.418. The Bertz CT molecular complexity index is 810. The second-order valence-electron chi connectivity index (χ2n) is 7.12. The number of carbonyl (C=O) groups excluding carboxylic acids is 2. The monoisotopic (exact) mass is 382 g/mol. The van der Waals surface area contributed by atoms with Crippen LogP contribution >= 0.6 is 0 Å². The number of hydrogen-bond acceptors (Lipinski definition) is 3. The van der Waals surface area contributed by atoms with Crippen LogP contribution in [-0.4, -0.2) is 31.5 Å². The number of likely N-dealkylation sites (tertiary alicyclic amines) is 1. The second-order valence-corrected chi connectivity index (χ2v) is 7.12. The maximum Gasteiger partial charge on any atom is 0.287 e. The number of quaternary nitrogens is 1. The molecule has 28 heavy (non-hydrogen) atoms. The first-order valence-corrected chi connectivity index (χ1v) is 9.81. The summed E-state index contributed by atoms with van der Waals surface area (Å²) in [5.74, 6) is 0.0527. The number of nitrogens with one attached hydrogen (secondary N) is 2. The molecule has 1 fully saturated rings. The number of para-hydroxylation sites is 2. The van der Waals surface area contributed by atoms with Gasteiger partial charge in [0.1, 0.15) is 5.75 Å². The lowest BCUT2D eigenvalue weighted by molar-refractivity contribution is -0.928. The first kappa shape index (κ1) is 19.9. The van der Waals surface area contributed by atoms with Gasteiger partial charge in [-0.2, -0.15) is 0 Å². The summed E-state index contributed by atoms with van der Waals surface area (Å²) >= 11 is 0. The maximum absolute atomic E-state index is 13.3. The summed E-state index contributed by atoms with van der Waals surface area (Å²) in [4.78, 5) is 26.1. The maximum atomic E-state index is 13.3. The topological polar surface area (TPSA) is 85.9 Å². The quantitative estimate of drug-likeness (QED) is 0.679. The van der Waals surface area contributed by atoms with Gasteiger partial charge in [0.15, 0.2) is 6.04 Å². The molecule has 1 saturated heterocycles. The second kappa shape index (κ2) is 9.37. The fraction of sp³-hybridized carbons (Fsp3) is 0.364. The van der Waals surface area contributed by atoms with Crippen molar-refractivity contribution in [3.8, 4) is 5.75 Å². The van der Waals surface area contributed by atoms with Gasteiger partial charge in [0, 0.05) is 5.56 Å². The number of nitrogens with two attached hydrogens (primary N) is 1. The van der Waals surface area contributed by atoms with Crippen LogP contribution in [0.25, 0.3) is 0 Å². The van der Waals surface area contributed by atoms with Crippen molar-refractivity contribution in [3.05, 3.63) is 60.2 Å². The molecule has 3 rings (SSSR count). The Hall–Kier alpha value is -2.86. The van der Waals surface area contributed by atoms with Gasteiger partial charge < -0.3 is 20.7 Å². The molecule has 3 atom stereocenters. The largest absolute Gasteiger partial charge is 0.492 e. The lowest BCUT2D eigenvalue weighted by Gasteiger charge is -2.33. The van der Waals surface area contributed by atoms with E-state index in [1.807, 2.05) is 61.5 Å². The molecule has 6 nitrogen and oxygen atoms in total. The van der Waals surface area contributed by atoms with Crippen molar-refractivity contribution in [1.82, 2.24) is 0 Å². The summed E-state index contributed by atoms with van der Waals surface area (Å²) in [6.07, 6.45) is 1.66. The fourth-order valence-electron chi connectivity index (χ4n) is 3.88. The molecule has 0 radical (unpaired) electrons. The average molecular weight is 382 g/mol. The predicted molar refractivity (Wildman–Crippen MR) is 108 cm³/mol. The summed E-state index contributed by atoms with van der Waals surface area (Å²) in [5.41, 5.74) is 7.13. The third kappa shape index (κ3) is 4.70. The summed E-state index contributed by atoms with van der Waals surface area (Å²) in [5, 5.41) is 3.03. The van der Waals surface area contributed by atoms with Crippen molar-refractivity contribution in [3.63, 3.8) is 0 Å². The van der Waals surface area contributed by atoms with Gasteiger partial charge in [-0.05, 0) is 31.9 Å². The fourth-order valence-corrected chi connectivity index (χ4v) is 3.88. The van der Waals surface area contributed by atoms with Gasteiger partial charge in [-0.25, -0.2) is 0 Å². The number of carbonyl (C=O) groups is 2. The van der Waals surface area contributed by atoms with Crippen molar-refractivity contribution in [1.29, 1.82) is 0 Å². The summed E-state index contributed by atoms with van der Waals surface area (Å²) < 4.78 is 5.63. The highest BCUT2D eigenvalue weighted by molar-refractivity contribution is 5.95. The van der Waals surface area contributed by atoms with Crippen LogP contribution in [0.3, 0.4) is 0 Å². The molecule has 0 bridgehead atoms. The molecule has 0 aromatic heterocycles. The molecule has 0 spiro atoms. The zero-order valence-electron chi connectivity index (χ0n) is 16.2. The average Bonchev–Trinajstić information content (AvgIpc) is 2.71. The van der Waals surface area contributed by atoms with Crippen molar-refractivity contribution >= 4 is 17.5 Å². The molecular weight excluding hydrogens is 354 g/mol. The van der Waals surface area contributed by atoms with Gasteiger partial charge in [0.2, 0.25) is 5.91 Å². The third-order valence-corrected chi connectivity index (χ3v) is 5.21. The minimum absolute atomic E-state index is 0.113. The van der Waals surface area contributed by atoms with E-state index in [9.17, 15) is 9.59 Å². The number of anilines is 1. The molecule has 0 saturated carbocycles. The van der Waals surface area contributed by atoms with E-state index in [2.05, 4.69) is 5.32 Å². The van der Waals surface area contributed by atoms with Gasteiger partial charge in [-0.15, -0.1) is 0 Å². The van der Waals surface area contributed by atoms with Gasteiger partial charge in [-0.1, -0.05) is 42.5 Å². The van der Waals surface area contributed by atoms with Crippen molar-refractivity contribution in [2.75, 3.05) is 25.0 Å². The Labute approximate surface area is 165 Å². The van der Waals surface area contributed by atoms with E-state index in [-0.39, 0.29) is 17.7 Å². The Kier molecular flexibility index (Phi) is 6.66. The van der Waals surface area contributed by atoms with E-state index < -0.39 is 6.04 Å². The van der Waals surface area contributed by atoms with E-state index in [1.165, 1.54) is 0 Å². The molecule has 2 aromatic rings. The highest BCUT2D eigenvalue weighted by Gasteiger charge is 2.37. The molecule has 1 aliphatic rings. The standard InChI is InChI=1S/C22H27N3O3/c1-2-28-19-13-7-6-12-18(19)24-22(27)20(16-9-4-3-5-10-16)25-14-8-11-17(15-25)21(23)26/h3-7,9-10,12-13,17,20H,2,8,11,14-15H2,1H3,(H2,23,26)(H,24,27)/p+1/t17-,20-/m0/s1. The highest BCUT2D eigenvalue weighted by Crippen LogP contribution is 2.25. The Morgan fingerprint density at radius 2 is 1.89 bits per heavy atom. The number of rotatable bonds is 7. The SMILES string of the molecule is CCOc1ccccc1NC(=O)[C@H](c1ccccc1)[NH+]1CCC[C@H](C(N)=O)C1. The van der Waals surface area contributed by atoms with Gasteiger partial charge in [0.05, 0.1) is 31.3 Å². The normalized spacial score (nSPS) is 20.2. The van der Waals surface area contributed by atoms with E-state index in [0.717, 1.165) is 29.8 Å². The molecule has 6 heteroatoms. The first-order chi connectivity index (χ1) is 13.6. The molecule has 0 aliphatic carbocycles. The molecular formula is C22H28N3O3+. The van der Waals surface area contributed by atoms with E-state index in [1.54, 1.807) is 0 Å². The van der Waals surface area contributed by atoms with Crippen molar-refractivity contribution in [2.45, 2.75) is 25.8 Å². The van der Waals surface area contributed by atoms with Crippen LogP contribution in [-0.2, 0) is 9.59 Å². The van der Waals surface area contributed by atoms with E-state index in [4.69, 9.17) is 10.5 Å². The molecule has 1 aliphatic heterocycles. The number of ether oxygens (including phenoxy) is 1. The number of primary amides is 1. The van der Waals surface area contributed by atoms with Crippen LogP contribution < -0.4 is 20.7 Å². The summed E-state index contributed by atoms with van der Waals surface area (Å²) in [6.45, 7) is 3.82. The summed E-state index contributed by atoms with van der Waals surface area (Å²) in [6, 6.07) is 16.7. The minimum Gasteiger partial charge on any atom is -0.492 e. The molecule has 1 unspecified atom stereocenters. The zero-order valence-corrected chi connectivity index (χ0v) is 16.2. The van der Waals surface area contributed by atoms with Crippen LogP contribution in [0.1, 0.15) is 31.4 Å². The number of piperidine rings is 1. The molecule has 148 valence electrons. The number of amides is 2.